The number of unbranched alkanes of at least 4 members (excludes halogenated alkanes) is 8. The summed E-state index contributed by atoms with van der Waals surface area (Å²) in [5.74, 6) is -0.780. The van der Waals surface area contributed by atoms with Gasteiger partial charge in [0.2, 0.25) is 0 Å². The molecule has 0 bridgehead atoms. The highest BCUT2D eigenvalue weighted by Gasteiger charge is 2.51. The van der Waals surface area contributed by atoms with Gasteiger partial charge in [-0.15, -0.1) is 0 Å². The van der Waals surface area contributed by atoms with Crippen LogP contribution in [0.3, 0.4) is 0 Å². The van der Waals surface area contributed by atoms with Crippen LogP contribution < -0.4 is 0 Å². The van der Waals surface area contributed by atoms with Crippen LogP contribution in [-0.4, -0.2) is 23.3 Å². The van der Waals surface area contributed by atoms with E-state index in [0.29, 0.717) is 13.0 Å². The first-order valence-corrected chi connectivity index (χ1v) is 7.08. The Bertz CT molecular complexity index is 222. The summed E-state index contributed by atoms with van der Waals surface area (Å²) >= 11 is 0. The molecule has 3 heteroatoms. The normalized spacial score (nSPS) is 22.6. The maximum atomic E-state index is 10.8. The molecular formula is C14H26O3. The Morgan fingerprint density at radius 3 is 1.94 bits per heavy atom. The molecule has 100 valence electrons. The number of rotatable bonds is 11. The van der Waals surface area contributed by atoms with Crippen molar-refractivity contribution in [2.24, 2.45) is 0 Å². The Balaban J connectivity index is 1.83. The molecule has 0 aliphatic carbocycles. The maximum absolute atomic E-state index is 10.8. The van der Waals surface area contributed by atoms with Gasteiger partial charge in [0, 0.05) is 0 Å². The van der Waals surface area contributed by atoms with Crippen LogP contribution >= 0.6 is 0 Å². The van der Waals surface area contributed by atoms with E-state index in [1.54, 1.807) is 0 Å². The molecule has 1 atom stereocenters. The van der Waals surface area contributed by atoms with Gasteiger partial charge in [0.05, 0.1) is 6.61 Å². The van der Waals surface area contributed by atoms with E-state index in [4.69, 9.17) is 9.84 Å². The summed E-state index contributed by atoms with van der Waals surface area (Å²) in [5.41, 5.74) is -0.791. The second-order valence-corrected chi connectivity index (χ2v) is 5.17. The molecular weight excluding hydrogens is 216 g/mol. The van der Waals surface area contributed by atoms with Gasteiger partial charge in [0.1, 0.15) is 0 Å². The highest BCUT2D eigenvalue weighted by Crippen LogP contribution is 2.33. The molecule has 1 aliphatic heterocycles. The molecule has 0 radical (unpaired) electrons. The predicted octanol–water partition coefficient (Wildman–Crippen LogP) is 3.76. The van der Waals surface area contributed by atoms with Gasteiger partial charge in [-0.2, -0.15) is 0 Å². The topological polar surface area (TPSA) is 49.8 Å². The van der Waals surface area contributed by atoms with Crippen LogP contribution in [0.2, 0.25) is 0 Å². The summed E-state index contributed by atoms with van der Waals surface area (Å²) < 4.78 is 5.03. The van der Waals surface area contributed by atoms with Crippen molar-refractivity contribution in [2.45, 2.75) is 76.7 Å². The molecule has 1 saturated heterocycles. The lowest BCUT2D eigenvalue weighted by Gasteiger charge is -2.05. The van der Waals surface area contributed by atoms with Crippen molar-refractivity contribution in [3.63, 3.8) is 0 Å². The van der Waals surface area contributed by atoms with Crippen LogP contribution in [0, 0.1) is 0 Å². The quantitative estimate of drug-likeness (QED) is 0.443. The highest BCUT2D eigenvalue weighted by molar-refractivity contribution is 5.80. The van der Waals surface area contributed by atoms with Crippen LogP contribution in [0.25, 0.3) is 0 Å². The van der Waals surface area contributed by atoms with E-state index in [-0.39, 0.29) is 0 Å². The van der Waals surface area contributed by atoms with E-state index < -0.39 is 11.6 Å². The fourth-order valence-corrected chi connectivity index (χ4v) is 2.18. The van der Waals surface area contributed by atoms with Gasteiger partial charge in [-0.05, 0) is 12.8 Å². The van der Waals surface area contributed by atoms with Crippen molar-refractivity contribution in [1.82, 2.24) is 0 Å². The molecule has 0 aromatic carbocycles. The lowest BCUT2D eigenvalue weighted by atomic mass is 10.0. The number of carbonyl (C=O) groups is 1. The Morgan fingerprint density at radius 2 is 1.53 bits per heavy atom. The molecule has 0 amide bonds. The maximum Gasteiger partial charge on any atom is 0.338 e. The average Bonchev–Trinajstić information content (AvgIpc) is 3.08. The molecule has 3 nitrogen and oxygen atoms in total. The van der Waals surface area contributed by atoms with Crippen molar-refractivity contribution < 1.29 is 14.6 Å². The van der Waals surface area contributed by atoms with Crippen molar-refractivity contribution in [3.05, 3.63) is 0 Å². The van der Waals surface area contributed by atoms with E-state index >= 15 is 0 Å². The Morgan fingerprint density at radius 1 is 1.06 bits per heavy atom. The molecule has 0 spiro atoms. The van der Waals surface area contributed by atoms with E-state index in [1.807, 2.05) is 0 Å². The summed E-state index contributed by atoms with van der Waals surface area (Å²) in [6, 6.07) is 0. The number of hydrogen-bond donors (Lipinski definition) is 1. The summed E-state index contributed by atoms with van der Waals surface area (Å²) in [5, 5.41) is 8.90. The molecule has 0 aromatic rings. The molecule has 1 N–H and O–H groups in total. The minimum Gasteiger partial charge on any atom is -0.479 e. The van der Waals surface area contributed by atoms with Gasteiger partial charge >= 0.3 is 5.97 Å². The van der Waals surface area contributed by atoms with E-state index in [9.17, 15) is 4.79 Å². The van der Waals surface area contributed by atoms with Crippen LogP contribution in [0.1, 0.15) is 71.1 Å². The number of epoxide rings is 1. The second kappa shape index (κ2) is 7.70. The summed E-state index contributed by atoms with van der Waals surface area (Å²) in [7, 11) is 0. The van der Waals surface area contributed by atoms with E-state index in [1.165, 1.54) is 44.9 Å². The molecule has 1 fully saturated rings. The minimum absolute atomic E-state index is 0.416. The number of ether oxygens (including phenoxy) is 1. The molecule has 0 aromatic heterocycles. The number of aliphatic carboxylic acids is 1. The Labute approximate surface area is 105 Å². The fraction of sp³-hybridized carbons (Fsp3) is 0.929. The average molecular weight is 242 g/mol. The standard InChI is InChI=1S/C14H26O3/c1-2-3-4-5-6-7-8-9-10-11-14(12-17-14)13(15)16/h2-12H2,1H3,(H,15,16)/t14-/m0/s1. The lowest BCUT2D eigenvalue weighted by Crippen LogP contribution is -2.23. The first-order chi connectivity index (χ1) is 8.21. The van der Waals surface area contributed by atoms with Crippen LogP contribution in [0.5, 0.6) is 0 Å². The van der Waals surface area contributed by atoms with Gasteiger partial charge in [-0.1, -0.05) is 58.3 Å². The van der Waals surface area contributed by atoms with Crippen molar-refractivity contribution in [2.75, 3.05) is 6.61 Å². The Kier molecular flexibility index (Phi) is 6.56. The van der Waals surface area contributed by atoms with Crippen LogP contribution in [-0.2, 0) is 9.53 Å². The molecule has 0 saturated carbocycles. The van der Waals surface area contributed by atoms with Crippen molar-refractivity contribution in [3.8, 4) is 0 Å². The summed E-state index contributed by atoms with van der Waals surface area (Å²) in [6.07, 6.45) is 12.1. The largest absolute Gasteiger partial charge is 0.479 e. The third-order valence-electron chi connectivity index (χ3n) is 3.57. The summed E-state index contributed by atoms with van der Waals surface area (Å²) in [4.78, 5) is 10.8. The van der Waals surface area contributed by atoms with Crippen molar-refractivity contribution in [1.29, 1.82) is 0 Å². The molecule has 1 aliphatic rings. The number of hydrogen-bond acceptors (Lipinski definition) is 2. The van der Waals surface area contributed by atoms with Gasteiger partial charge < -0.3 is 9.84 Å². The SMILES string of the molecule is CCCCCCCCCCC[C@@]1(C(=O)O)CO1. The van der Waals surface area contributed by atoms with Gasteiger partial charge in [-0.3, -0.25) is 0 Å². The summed E-state index contributed by atoms with van der Waals surface area (Å²) in [6.45, 7) is 2.65. The van der Waals surface area contributed by atoms with Gasteiger partial charge in [0.25, 0.3) is 0 Å². The molecule has 1 rings (SSSR count). The Hall–Kier alpha value is -0.570. The second-order valence-electron chi connectivity index (χ2n) is 5.17. The van der Waals surface area contributed by atoms with Crippen LogP contribution in [0.15, 0.2) is 0 Å². The first kappa shape index (κ1) is 14.5. The fourth-order valence-electron chi connectivity index (χ4n) is 2.18. The van der Waals surface area contributed by atoms with E-state index in [0.717, 1.165) is 12.8 Å². The third-order valence-corrected chi connectivity index (χ3v) is 3.57. The van der Waals surface area contributed by atoms with Gasteiger partial charge in [-0.25, -0.2) is 4.79 Å². The van der Waals surface area contributed by atoms with Crippen molar-refractivity contribution >= 4 is 5.97 Å². The monoisotopic (exact) mass is 242 g/mol. The molecule has 1 heterocycles. The number of carboxylic acid groups (broad SMARTS) is 1. The minimum atomic E-state index is -0.791. The zero-order valence-corrected chi connectivity index (χ0v) is 11.0. The molecule has 17 heavy (non-hydrogen) atoms. The zero-order valence-electron chi connectivity index (χ0n) is 11.0. The number of carboxylic acids is 1. The lowest BCUT2D eigenvalue weighted by molar-refractivity contribution is -0.143. The molecule has 0 unspecified atom stereocenters. The first-order valence-electron chi connectivity index (χ1n) is 7.08. The predicted molar refractivity (Wildman–Crippen MR) is 68.2 cm³/mol. The van der Waals surface area contributed by atoms with E-state index in [2.05, 4.69) is 6.92 Å². The van der Waals surface area contributed by atoms with Crippen LogP contribution in [0.4, 0.5) is 0 Å². The highest BCUT2D eigenvalue weighted by atomic mass is 16.6. The van der Waals surface area contributed by atoms with Gasteiger partial charge in [0.15, 0.2) is 5.60 Å². The smallest absolute Gasteiger partial charge is 0.338 e. The third kappa shape index (κ3) is 5.53. The zero-order chi connectivity index (χ0) is 12.6.